The Morgan fingerprint density at radius 3 is 2.18 bits per heavy atom. The molecule has 0 unspecified atom stereocenters. The fourth-order valence-corrected chi connectivity index (χ4v) is 13.7. The van der Waals surface area contributed by atoms with E-state index in [1.807, 2.05) is 36.4 Å². The lowest BCUT2D eigenvalue weighted by molar-refractivity contribution is -0.119. The molecule has 1 aliphatic rings. The van der Waals surface area contributed by atoms with Gasteiger partial charge in [-0.1, -0.05) is 92.8 Å². The van der Waals surface area contributed by atoms with E-state index < -0.39 is 37.0 Å². The van der Waals surface area contributed by atoms with Crippen LogP contribution in [-0.4, -0.2) is 65.2 Å². The minimum Gasteiger partial charge on any atom is -0.496 e. The predicted molar refractivity (Wildman–Crippen MR) is 216 cm³/mol. The van der Waals surface area contributed by atoms with E-state index in [1.54, 1.807) is 13.8 Å². The number of benzene rings is 3. The highest BCUT2D eigenvalue weighted by Crippen LogP contribution is 2.38. The molecule has 0 bridgehead atoms. The van der Waals surface area contributed by atoms with Crippen molar-refractivity contribution < 1.29 is 23.1 Å². The molecule has 0 saturated carbocycles. The molecule has 0 spiro atoms. The number of aryl methyl sites for hydroxylation is 1. The number of rotatable bonds is 13. The van der Waals surface area contributed by atoms with Crippen LogP contribution in [0.1, 0.15) is 51.3 Å². The number of hydrogen-bond acceptors (Lipinski definition) is 9. The highest BCUT2D eigenvalue weighted by atomic mass is 32.1. The summed E-state index contributed by atoms with van der Waals surface area (Å²) in [7, 11) is -1.44. The first-order valence-corrected chi connectivity index (χ1v) is 21.1. The molecule has 0 radical (unpaired) electrons. The van der Waals surface area contributed by atoms with Gasteiger partial charge in [-0.15, -0.1) is 4.80 Å². The number of nitrogens with zero attached hydrogens (tertiary/aromatic N) is 5. The van der Waals surface area contributed by atoms with Crippen molar-refractivity contribution in [3.8, 4) is 10.8 Å². The fourth-order valence-electron chi connectivity index (χ4n) is 7.91. The normalized spacial score (nSPS) is 16.7. The maximum Gasteiger partial charge on any atom is 0.332 e. The molecule has 56 heavy (non-hydrogen) atoms. The molecule has 12 nitrogen and oxygen atoms in total. The van der Waals surface area contributed by atoms with Gasteiger partial charge in [-0.25, -0.2) is 9.18 Å². The van der Waals surface area contributed by atoms with E-state index in [0.717, 1.165) is 10.4 Å². The maximum atomic E-state index is 15.1. The number of nitrogens with one attached hydrogen (secondary N) is 1. The van der Waals surface area contributed by atoms with Crippen molar-refractivity contribution in [2.24, 2.45) is 0 Å². The number of halogens is 1. The molecule has 7 rings (SSSR count). The summed E-state index contributed by atoms with van der Waals surface area (Å²) in [6.45, 7) is 10.3. The Bertz CT molecular complexity index is 2440. The Morgan fingerprint density at radius 2 is 1.61 bits per heavy atom. The van der Waals surface area contributed by atoms with Crippen molar-refractivity contribution in [1.29, 1.82) is 0 Å². The second-order valence-corrected chi connectivity index (χ2v) is 20.6. The molecule has 4 heterocycles. The predicted octanol–water partition coefficient (Wildman–Crippen LogP) is 4.83. The standard InChI is InChI=1S/C41H45FN6O6SSi/c1-27-35-36(50)47(41(5)24-34(49)43-26-41)39(51)46(38(35)55-37(27)48-44-19-20-45-48)25-33(31-23-28(42)17-18-32(31)52-6)53-21-22-54-56(40(2,3)4,29-13-9-7-10-14-29)30-15-11-8-12-16-30/h7-20,23,33H,21-22,24-26H2,1-6H3,(H,43,49)/t33-,41-/m0/s1. The van der Waals surface area contributed by atoms with Gasteiger partial charge in [0.15, 0.2) is 0 Å². The van der Waals surface area contributed by atoms with Crippen molar-refractivity contribution in [2.75, 3.05) is 26.9 Å². The van der Waals surface area contributed by atoms with Crippen LogP contribution in [0, 0.1) is 12.7 Å². The molecule has 292 valence electrons. The van der Waals surface area contributed by atoms with Crippen LogP contribution in [0.15, 0.2) is 101 Å². The van der Waals surface area contributed by atoms with Gasteiger partial charge >= 0.3 is 5.69 Å². The zero-order valence-electron chi connectivity index (χ0n) is 32.2. The van der Waals surface area contributed by atoms with E-state index in [1.165, 1.54) is 63.0 Å². The zero-order valence-corrected chi connectivity index (χ0v) is 34.1. The minimum absolute atomic E-state index is 0.0539. The van der Waals surface area contributed by atoms with Crippen LogP contribution < -0.4 is 31.7 Å². The Hall–Kier alpha value is -5.22. The summed E-state index contributed by atoms with van der Waals surface area (Å²) < 4.78 is 37.2. The number of methoxy groups -OCH3 is 1. The van der Waals surface area contributed by atoms with E-state index in [2.05, 4.69) is 60.6 Å². The maximum absolute atomic E-state index is 15.1. The summed E-state index contributed by atoms with van der Waals surface area (Å²) in [4.78, 5) is 43.4. The van der Waals surface area contributed by atoms with Crippen molar-refractivity contribution in [2.45, 2.75) is 64.3 Å². The van der Waals surface area contributed by atoms with Gasteiger partial charge in [-0.2, -0.15) is 10.2 Å². The average Bonchev–Trinajstić information content (AvgIpc) is 3.92. The number of fused-ring (bicyclic) bond motifs is 1. The summed E-state index contributed by atoms with van der Waals surface area (Å²) in [6.07, 6.45) is 2.06. The van der Waals surface area contributed by atoms with Gasteiger partial charge in [0.1, 0.15) is 27.5 Å². The second kappa shape index (κ2) is 15.4. The SMILES string of the molecule is COc1ccc(F)cc1[C@H](Cn1c(=O)n([C@]2(C)CNC(=O)C2)c(=O)c2c(C)c(-n3nccn3)sc21)OCCO[Si](c1ccccc1)(c1ccccc1)C(C)(C)C. The van der Waals surface area contributed by atoms with Gasteiger partial charge in [-0.3, -0.25) is 18.7 Å². The highest BCUT2D eigenvalue weighted by molar-refractivity contribution is 7.21. The van der Waals surface area contributed by atoms with E-state index in [9.17, 15) is 14.4 Å². The van der Waals surface area contributed by atoms with Gasteiger partial charge in [0.25, 0.3) is 13.9 Å². The van der Waals surface area contributed by atoms with Crippen LogP contribution in [-0.2, 0) is 26.0 Å². The molecule has 2 atom stereocenters. The van der Waals surface area contributed by atoms with E-state index in [4.69, 9.17) is 13.9 Å². The first-order valence-electron chi connectivity index (χ1n) is 18.4. The van der Waals surface area contributed by atoms with E-state index >= 15 is 4.39 Å². The molecular weight excluding hydrogens is 752 g/mol. The van der Waals surface area contributed by atoms with Crippen molar-refractivity contribution in [3.05, 3.63) is 129 Å². The molecule has 3 aromatic heterocycles. The molecule has 15 heteroatoms. The molecule has 6 aromatic rings. The van der Waals surface area contributed by atoms with Crippen LogP contribution in [0.25, 0.3) is 15.2 Å². The summed E-state index contributed by atoms with van der Waals surface area (Å²) in [5.41, 5.74) is -1.34. The first kappa shape index (κ1) is 39.0. The van der Waals surface area contributed by atoms with Crippen molar-refractivity contribution >= 4 is 46.2 Å². The Labute approximate surface area is 328 Å². The summed E-state index contributed by atoms with van der Waals surface area (Å²) >= 11 is 1.19. The van der Waals surface area contributed by atoms with Crippen molar-refractivity contribution in [1.82, 2.24) is 29.4 Å². The third kappa shape index (κ3) is 6.93. The molecule has 3 aromatic carbocycles. The van der Waals surface area contributed by atoms with Gasteiger partial charge in [0.2, 0.25) is 5.91 Å². The third-order valence-corrected chi connectivity index (χ3v) is 16.9. The topological polar surface area (TPSA) is 132 Å². The first-order chi connectivity index (χ1) is 26.8. The summed E-state index contributed by atoms with van der Waals surface area (Å²) in [5, 5.41) is 14.2. The molecule has 1 fully saturated rings. The largest absolute Gasteiger partial charge is 0.496 e. The minimum atomic E-state index is -2.92. The van der Waals surface area contributed by atoms with E-state index in [0.29, 0.717) is 32.1 Å². The van der Waals surface area contributed by atoms with Gasteiger partial charge in [-0.05, 0) is 47.5 Å². The van der Waals surface area contributed by atoms with Crippen molar-refractivity contribution in [3.63, 3.8) is 0 Å². The van der Waals surface area contributed by atoms with Gasteiger partial charge < -0.3 is 19.2 Å². The number of amides is 1. The number of carbonyl (C=O) groups is 1. The number of ether oxygens (including phenoxy) is 2. The van der Waals surface area contributed by atoms with Crippen LogP contribution in [0.2, 0.25) is 5.04 Å². The number of carbonyl (C=O) groups excluding carboxylic acids is 1. The number of hydrogen-bond donors (Lipinski definition) is 1. The molecular formula is C41H45FN6O6SSi. The number of aromatic nitrogens is 5. The summed E-state index contributed by atoms with van der Waals surface area (Å²) in [5.74, 6) is -0.411. The lowest BCUT2D eigenvalue weighted by Gasteiger charge is -2.43. The Morgan fingerprint density at radius 1 is 0.964 bits per heavy atom. The molecule has 1 N–H and O–H groups in total. The monoisotopic (exact) mass is 796 g/mol. The average molecular weight is 797 g/mol. The molecule has 0 aliphatic carbocycles. The Kier molecular flexibility index (Phi) is 10.7. The van der Waals surface area contributed by atoms with Gasteiger partial charge in [0, 0.05) is 17.7 Å². The van der Waals surface area contributed by atoms with Crippen LogP contribution in [0.5, 0.6) is 5.75 Å². The van der Waals surface area contributed by atoms with Gasteiger partial charge in [0.05, 0.1) is 56.6 Å². The number of thiophene rings is 1. The molecule has 1 saturated heterocycles. The highest BCUT2D eigenvalue weighted by Gasteiger charge is 2.50. The van der Waals surface area contributed by atoms with Crippen LogP contribution in [0.4, 0.5) is 4.39 Å². The molecule has 1 amide bonds. The lowest BCUT2D eigenvalue weighted by atomic mass is 10.0. The van der Waals surface area contributed by atoms with E-state index in [-0.39, 0.29) is 43.7 Å². The third-order valence-electron chi connectivity index (χ3n) is 10.6. The summed E-state index contributed by atoms with van der Waals surface area (Å²) in [6, 6.07) is 24.7. The Balaban J connectivity index is 1.33. The quantitative estimate of drug-likeness (QED) is 0.130. The smallest absolute Gasteiger partial charge is 0.332 e. The molecule has 1 aliphatic heterocycles. The zero-order chi connectivity index (χ0) is 39.8. The van der Waals surface area contributed by atoms with Crippen LogP contribution >= 0.6 is 11.3 Å². The lowest BCUT2D eigenvalue weighted by Crippen LogP contribution is -2.66. The van der Waals surface area contributed by atoms with Crippen LogP contribution in [0.3, 0.4) is 0 Å². The fraction of sp³-hybridized carbons (Fsp3) is 0.341. The second-order valence-electron chi connectivity index (χ2n) is 15.3.